The number of piperazine rings is 1. The summed E-state index contributed by atoms with van der Waals surface area (Å²) in [6.45, 7) is 3.82. The Bertz CT molecular complexity index is 1800. The number of nitrogens with one attached hydrogen (secondary N) is 1. The van der Waals surface area contributed by atoms with Crippen molar-refractivity contribution in [1.29, 1.82) is 0 Å². The van der Waals surface area contributed by atoms with E-state index in [-0.39, 0.29) is 61.5 Å². The second kappa shape index (κ2) is 18.7. The summed E-state index contributed by atoms with van der Waals surface area (Å²) in [4.78, 5) is 66.0. The number of carbonyl (C=O) groups is 4. The SMILES string of the molecule is CN(C)CCOC(=O)[C@@H]1CN(C(=O)[C@@H](Cc2cc(Cl)c(N)c(C(F)(F)F)c2)OC(=O)N2CCC(N3CCc4ccccc4NC3=O)CC2)CCN1C1CCN(C)CC1. The first-order chi connectivity index (χ1) is 27.6. The molecule has 2 atom stereocenters. The van der Waals surface area contributed by atoms with Crippen LogP contribution in [0.25, 0.3) is 0 Å². The number of halogens is 4. The Balaban J connectivity index is 1.19. The van der Waals surface area contributed by atoms with Gasteiger partial charge in [0.1, 0.15) is 12.6 Å². The van der Waals surface area contributed by atoms with E-state index in [1.807, 2.05) is 50.3 Å². The average Bonchev–Trinajstić information content (AvgIpc) is 3.36. The summed E-state index contributed by atoms with van der Waals surface area (Å²) in [6.07, 6.45) is -4.38. The van der Waals surface area contributed by atoms with Crippen molar-refractivity contribution in [2.24, 2.45) is 0 Å². The predicted molar refractivity (Wildman–Crippen MR) is 212 cm³/mol. The van der Waals surface area contributed by atoms with Crippen molar-refractivity contribution < 1.29 is 41.8 Å². The van der Waals surface area contributed by atoms with Gasteiger partial charge < -0.3 is 45.0 Å². The van der Waals surface area contributed by atoms with Gasteiger partial charge in [-0.05, 0) is 95.7 Å². The van der Waals surface area contributed by atoms with Crippen LogP contribution in [0.15, 0.2) is 36.4 Å². The molecule has 4 amide bonds. The molecule has 0 aromatic heterocycles. The summed E-state index contributed by atoms with van der Waals surface area (Å²) in [5, 5.41) is 2.63. The summed E-state index contributed by atoms with van der Waals surface area (Å²) in [6, 6.07) is 8.61. The summed E-state index contributed by atoms with van der Waals surface area (Å²) in [7, 11) is 5.77. The fourth-order valence-corrected chi connectivity index (χ4v) is 8.56. The second-order valence-electron chi connectivity index (χ2n) is 15.9. The molecular weight excluding hydrogens is 781 g/mol. The zero-order valence-corrected chi connectivity index (χ0v) is 34.1. The summed E-state index contributed by atoms with van der Waals surface area (Å²) in [5.41, 5.74) is 5.69. The molecule has 4 aliphatic heterocycles. The molecule has 3 fully saturated rings. The molecule has 2 aromatic carbocycles. The van der Waals surface area contributed by atoms with Crippen LogP contribution in [0, 0.1) is 0 Å². The van der Waals surface area contributed by atoms with Crippen molar-refractivity contribution in [1.82, 2.24) is 29.4 Å². The number of nitrogen functional groups attached to an aromatic ring is 1. The smallest absolute Gasteiger partial charge is 0.418 e. The Hall–Kier alpha value is -4.32. The zero-order chi connectivity index (χ0) is 41.7. The lowest BCUT2D eigenvalue weighted by Gasteiger charge is -2.46. The molecule has 0 spiro atoms. The summed E-state index contributed by atoms with van der Waals surface area (Å²) in [5.74, 6) is -1.13. The van der Waals surface area contributed by atoms with E-state index < -0.39 is 54.0 Å². The van der Waals surface area contributed by atoms with Gasteiger partial charge in [0.2, 0.25) is 0 Å². The van der Waals surface area contributed by atoms with E-state index in [4.69, 9.17) is 26.8 Å². The third-order valence-corrected chi connectivity index (χ3v) is 12.0. The number of nitrogens with zero attached hydrogens (tertiary/aromatic N) is 6. The number of urea groups is 1. The number of alkyl halides is 3. The van der Waals surface area contributed by atoms with Crippen molar-refractivity contribution in [3.63, 3.8) is 0 Å². The van der Waals surface area contributed by atoms with Crippen molar-refractivity contribution in [3.05, 3.63) is 58.1 Å². The number of anilines is 2. The van der Waals surface area contributed by atoms with E-state index in [1.165, 1.54) is 15.9 Å². The van der Waals surface area contributed by atoms with Crippen molar-refractivity contribution in [3.8, 4) is 0 Å². The fourth-order valence-electron chi connectivity index (χ4n) is 8.31. The number of nitrogens with two attached hydrogens (primary N) is 1. The molecule has 14 nitrogen and oxygen atoms in total. The van der Waals surface area contributed by atoms with E-state index in [2.05, 4.69) is 15.1 Å². The number of piperidine rings is 2. The monoisotopic (exact) mass is 834 g/mol. The Labute approximate surface area is 342 Å². The number of ether oxygens (including phenoxy) is 2. The molecule has 318 valence electrons. The highest BCUT2D eigenvalue weighted by Crippen LogP contribution is 2.38. The largest absolute Gasteiger partial charge is 0.463 e. The fraction of sp³-hybridized carbons (Fsp3) is 0.600. The van der Waals surface area contributed by atoms with Gasteiger partial charge in [-0.2, -0.15) is 13.2 Å². The van der Waals surface area contributed by atoms with Gasteiger partial charge in [0, 0.05) is 70.0 Å². The van der Waals surface area contributed by atoms with Crippen LogP contribution in [0.1, 0.15) is 42.4 Å². The number of benzene rings is 2. The van der Waals surface area contributed by atoms with Crippen LogP contribution in [0.2, 0.25) is 5.02 Å². The number of rotatable bonds is 10. The molecule has 4 heterocycles. The minimum atomic E-state index is -4.83. The van der Waals surface area contributed by atoms with Crippen LogP contribution < -0.4 is 11.1 Å². The van der Waals surface area contributed by atoms with Crippen LogP contribution in [-0.2, 0) is 38.1 Å². The van der Waals surface area contributed by atoms with Crippen LogP contribution >= 0.6 is 11.6 Å². The normalized spacial score (nSPS) is 21.0. The van der Waals surface area contributed by atoms with Crippen LogP contribution in [0.4, 0.5) is 34.1 Å². The first-order valence-corrected chi connectivity index (χ1v) is 20.3. The maximum Gasteiger partial charge on any atom is 0.418 e. The van der Waals surface area contributed by atoms with Gasteiger partial charge in [-0.3, -0.25) is 14.5 Å². The Morgan fingerprint density at radius 2 is 1.66 bits per heavy atom. The standard InChI is InChI=1S/C40H54ClF3N8O6/c1-47(2)20-21-57-37(54)33-25-50(18-19-51(33)28-9-13-48(3)14-10-28)36(53)34(24-26-22-30(40(42,43)44)35(45)31(41)23-26)58-39(56)49-15-11-29(12-16-49)52-17-8-27-6-4-5-7-32(27)46-38(52)55/h4-7,22-23,28-29,33-34H,8-21,24-25,45H2,1-3H3,(H,46,55)/t33-,34+/m0/s1. The van der Waals surface area contributed by atoms with Crippen LogP contribution in [-0.4, -0.2) is 164 Å². The number of esters is 1. The Kier molecular flexibility index (Phi) is 14.0. The number of amides is 4. The van der Waals surface area contributed by atoms with Crippen LogP contribution in [0.3, 0.4) is 0 Å². The highest BCUT2D eigenvalue weighted by molar-refractivity contribution is 6.33. The lowest BCUT2D eigenvalue weighted by atomic mass is 9.98. The van der Waals surface area contributed by atoms with Gasteiger partial charge in [-0.25, -0.2) is 9.59 Å². The minimum Gasteiger partial charge on any atom is -0.463 e. The molecule has 4 aliphatic rings. The van der Waals surface area contributed by atoms with Crippen molar-refractivity contribution in [2.45, 2.75) is 68.9 Å². The quantitative estimate of drug-likeness (QED) is 0.264. The van der Waals surface area contributed by atoms with E-state index >= 15 is 0 Å². The molecule has 6 rings (SSSR count). The molecule has 3 saturated heterocycles. The number of hydrogen-bond acceptors (Lipinski definition) is 10. The molecule has 18 heteroatoms. The highest BCUT2D eigenvalue weighted by Gasteiger charge is 2.43. The molecule has 3 N–H and O–H groups in total. The highest BCUT2D eigenvalue weighted by atomic mass is 35.5. The molecule has 0 saturated carbocycles. The van der Waals surface area contributed by atoms with Crippen LogP contribution in [0.5, 0.6) is 0 Å². The van der Waals surface area contributed by atoms with Gasteiger partial charge in [0.15, 0.2) is 6.10 Å². The lowest BCUT2D eigenvalue weighted by molar-refractivity contribution is -0.159. The number of likely N-dealkylation sites (N-methyl/N-ethyl adjacent to an activating group) is 1. The number of hydrogen-bond donors (Lipinski definition) is 2. The molecule has 0 aliphatic carbocycles. The third-order valence-electron chi connectivity index (χ3n) is 11.7. The maximum absolute atomic E-state index is 14.5. The molecular formula is C40H54ClF3N8O6. The number of para-hydroxylation sites is 1. The Morgan fingerprint density at radius 1 is 0.966 bits per heavy atom. The molecule has 2 aromatic rings. The first-order valence-electron chi connectivity index (χ1n) is 19.9. The average molecular weight is 835 g/mol. The second-order valence-corrected chi connectivity index (χ2v) is 16.3. The Morgan fingerprint density at radius 3 is 2.34 bits per heavy atom. The van der Waals surface area contributed by atoms with E-state index in [1.54, 1.807) is 4.90 Å². The van der Waals surface area contributed by atoms with Crippen molar-refractivity contribution >= 4 is 47.0 Å². The summed E-state index contributed by atoms with van der Waals surface area (Å²) >= 11 is 6.17. The van der Waals surface area contributed by atoms with Gasteiger partial charge in [0.05, 0.1) is 16.3 Å². The third kappa shape index (κ3) is 10.5. The number of carbonyl (C=O) groups excluding carboxylic acids is 4. The van der Waals surface area contributed by atoms with E-state index in [0.717, 1.165) is 43.2 Å². The van der Waals surface area contributed by atoms with Crippen molar-refractivity contribution in [2.75, 3.05) is 97.7 Å². The van der Waals surface area contributed by atoms with Gasteiger partial charge in [0.25, 0.3) is 5.91 Å². The predicted octanol–water partition coefficient (Wildman–Crippen LogP) is 4.26. The zero-order valence-electron chi connectivity index (χ0n) is 33.3. The summed E-state index contributed by atoms with van der Waals surface area (Å²) < 4.78 is 53.6. The maximum atomic E-state index is 14.5. The minimum absolute atomic E-state index is 0.00541. The van der Waals surface area contributed by atoms with Gasteiger partial charge >= 0.3 is 24.3 Å². The molecule has 0 radical (unpaired) electrons. The topological polar surface area (TPSA) is 144 Å². The van der Waals surface area contributed by atoms with Gasteiger partial charge in [-0.15, -0.1) is 0 Å². The van der Waals surface area contributed by atoms with Gasteiger partial charge in [-0.1, -0.05) is 29.8 Å². The molecule has 0 bridgehead atoms. The first kappa shape index (κ1) is 43.3. The number of likely N-dealkylation sites (tertiary alicyclic amines) is 2. The lowest BCUT2D eigenvalue weighted by Crippen LogP contribution is -2.63. The van der Waals surface area contributed by atoms with E-state index in [0.29, 0.717) is 38.9 Å². The van der Waals surface area contributed by atoms with E-state index in [9.17, 15) is 32.3 Å². The number of fused-ring (bicyclic) bond motifs is 1. The molecule has 58 heavy (non-hydrogen) atoms. The molecule has 0 unspecified atom stereocenters.